The van der Waals surface area contributed by atoms with E-state index in [1.165, 1.54) is 0 Å². The Hall–Kier alpha value is -3.08. The maximum Gasteiger partial charge on any atom is 0.276 e. The van der Waals surface area contributed by atoms with E-state index in [0.717, 1.165) is 5.56 Å². The quantitative estimate of drug-likeness (QED) is 0.803. The standard InChI is InChI=1S/C18H16N2O3/c1-20(12-13-6-3-2-4-7-13)18(22)16-11-17(23-19-16)14-8-5-9-15(21)10-14/h2-11,21H,12H2,1H3. The topological polar surface area (TPSA) is 66.6 Å². The highest BCUT2D eigenvalue weighted by Gasteiger charge is 2.18. The van der Waals surface area contributed by atoms with Crippen LogP contribution in [0.25, 0.3) is 11.3 Å². The highest BCUT2D eigenvalue weighted by molar-refractivity contribution is 5.92. The number of carbonyl (C=O) groups is 1. The molecule has 5 nitrogen and oxygen atoms in total. The molecule has 0 aliphatic carbocycles. The van der Waals surface area contributed by atoms with E-state index >= 15 is 0 Å². The fourth-order valence-electron chi connectivity index (χ4n) is 2.30. The SMILES string of the molecule is CN(Cc1ccccc1)C(=O)c1cc(-c2cccc(O)c2)on1. The molecule has 0 bridgehead atoms. The summed E-state index contributed by atoms with van der Waals surface area (Å²) in [6.45, 7) is 0.494. The highest BCUT2D eigenvalue weighted by atomic mass is 16.5. The number of phenols is 1. The van der Waals surface area contributed by atoms with Crippen molar-refractivity contribution in [3.05, 3.63) is 71.9 Å². The number of aromatic nitrogens is 1. The van der Waals surface area contributed by atoms with Gasteiger partial charge in [-0.15, -0.1) is 0 Å². The van der Waals surface area contributed by atoms with E-state index in [-0.39, 0.29) is 17.4 Å². The zero-order chi connectivity index (χ0) is 16.2. The van der Waals surface area contributed by atoms with Gasteiger partial charge in [-0.2, -0.15) is 0 Å². The molecule has 0 radical (unpaired) electrons. The minimum Gasteiger partial charge on any atom is -0.508 e. The van der Waals surface area contributed by atoms with Gasteiger partial charge in [-0.25, -0.2) is 0 Å². The number of phenolic OH excluding ortho intramolecular Hbond substituents is 1. The molecule has 0 saturated heterocycles. The molecular formula is C18H16N2O3. The van der Waals surface area contributed by atoms with Crippen LogP contribution in [0.4, 0.5) is 0 Å². The monoisotopic (exact) mass is 308 g/mol. The molecule has 0 aliphatic rings. The maximum absolute atomic E-state index is 12.4. The number of hydrogen-bond donors (Lipinski definition) is 1. The lowest BCUT2D eigenvalue weighted by atomic mass is 10.1. The van der Waals surface area contributed by atoms with Crippen LogP contribution < -0.4 is 0 Å². The number of aromatic hydroxyl groups is 1. The van der Waals surface area contributed by atoms with Crippen LogP contribution >= 0.6 is 0 Å². The molecule has 23 heavy (non-hydrogen) atoms. The predicted octanol–water partition coefficient (Wildman–Crippen LogP) is 3.32. The van der Waals surface area contributed by atoms with Crippen LogP contribution in [-0.4, -0.2) is 28.1 Å². The average molecular weight is 308 g/mol. The van der Waals surface area contributed by atoms with E-state index in [2.05, 4.69) is 5.16 Å². The van der Waals surface area contributed by atoms with Gasteiger partial charge in [0, 0.05) is 25.2 Å². The first kappa shape index (κ1) is 14.8. The van der Waals surface area contributed by atoms with Crippen molar-refractivity contribution in [1.82, 2.24) is 10.1 Å². The van der Waals surface area contributed by atoms with Crippen LogP contribution in [-0.2, 0) is 6.54 Å². The molecule has 0 atom stereocenters. The number of hydrogen-bond acceptors (Lipinski definition) is 4. The normalized spacial score (nSPS) is 10.5. The Kier molecular flexibility index (Phi) is 4.10. The predicted molar refractivity (Wildman–Crippen MR) is 85.8 cm³/mol. The molecule has 0 saturated carbocycles. The second-order valence-corrected chi connectivity index (χ2v) is 5.27. The van der Waals surface area contributed by atoms with Crippen LogP contribution in [0.15, 0.2) is 65.2 Å². The molecule has 5 heteroatoms. The minimum atomic E-state index is -0.219. The second kappa shape index (κ2) is 6.36. The Morgan fingerprint density at radius 1 is 1.13 bits per heavy atom. The van der Waals surface area contributed by atoms with Gasteiger partial charge in [-0.3, -0.25) is 4.79 Å². The summed E-state index contributed by atoms with van der Waals surface area (Å²) in [6.07, 6.45) is 0. The Balaban J connectivity index is 1.76. The van der Waals surface area contributed by atoms with Crippen molar-refractivity contribution in [3.8, 4) is 17.1 Å². The van der Waals surface area contributed by atoms with E-state index in [9.17, 15) is 9.90 Å². The third-order valence-corrected chi connectivity index (χ3v) is 3.47. The van der Waals surface area contributed by atoms with Crippen molar-refractivity contribution < 1.29 is 14.4 Å². The van der Waals surface area contributed by atoms with Gasteiger partial charge in [0.15, 0.2) is 11.5 Å². The lowest BCUT2D eigenvalue weighted by Crippen LogP contribution is -2.26. The van der Waals surface area contributed by atoms with Gasteiger partial charge in [0.25, 0.3) is 5.91 Å². The third-order valence-electron chi connectivity index (χ3n) is 3.47. The summed E-state index contributed by atoms with van der Waals surface area (Å²) in [5, 5.41) is 13.3. The molecule has 116 valence electrons. The summed E-state index contributed by atoms with van der Waals surface area (Å²) in [6, 6.07) is 17.9. The van der Waals surface area contributed by atoms with Crippen molar-refractivity contribution >= 4 is 5.91 Å². The van der Waals surface area contributed by atoms with Crippen molar-refractivity contribution in [2.24, 2.45) is 0 Å². The Labute approximate surface area is 133 Å². The molecule has 0 unspecified atom stereocenters. The lowest BCUT2D eigenvalue weighted by Gasteiger charge is -2.15. The third kappa shape index (κ3) is 3.40. The van der Waals surface area contributed by atoms with Crippen LogP contribution in [0, 0.1) is 0 Å². The fraction of sp³-hybridized carbons (Fsp3) is 0.111. The molecule has 0 spiro atoms. The molecular weight excluding hydrogens is 292 g/mol. The molecule has 1 N–H and O–H groups in total. The summed E-state index contributed by atoms with van der Waals surface area (Å²) >= 11 is 0. The zero-order valence-corrected chi connectivity index (χ0v) is 12.6. The minimum absolute atomic E-state index is 0.132. The van der Waals surface area contributed by atoms with Crippen molar-refractivity contribution in [1.29, 1.82) is 0 Å². The van der Waals surface area contributed by atoms with E-state index in [4.69, 9.17) is 4.52 Å². The average Bonchev–Trinajstić information content (AvgIpc) is 3.05. The van der Waals surface area contributed by atoms with E-state index in [1.54, 1.807) is 42.3 Å². The molecule has 1 heterocycles. The van der Waals surface area contributed by atoms with Gasteiger partial charge in [-0.05, 0) is 17.7 Å². The van der Waals surface area contributed by atoms with Crippen molar-refractivity contribution in [3.63, 3.8) is 0 Å². The van der Waals surface area contributed by atoms with E-state index < -0.39 is 0 Å². The number of rotatable bonds is 4. The summed E-state index contributed by atoms with van der Waals surface area (Å²) in [4.78, 5) is 14.0. The van der Waals surface area contributed by atoms with Crippen LogP contribution in [0.3, 0.4) is 0 Å². The van der Waals surface area contributed by atoms with Gasteiger partial charge in [0.05, 0.1) is 0 Å². The van der Waals surface area contributed by atoms with Gasteiger partial charge in [-0.1, -0.05) is 47.6 Å². The number of nitrogens with zero attached hydrogens (tertiary/aromatic N) is 2. The Bertz CT molecular complexity index is 812. The first-order valence-electron chi connectivity index (χ1n) is 7.19. The molecule has 0 fully saturated rings. The molecule has 1 amide bonds. The maximum atomic E-state index is 12.4. The van der Waals surface area contributed by atoms with Gasteiger partial charge in [0.1, 0.15) is 5.75 Å². The largest absolute Gasteiger partial charge is 0.508 e. The Morgan fingerprint density at radius 2 is 1.91 bits per heavy atom. The van der Waals surface area contributed by atoms with E-state index in [1.807, 2.05) is 30.3 Å². The van der Waals surface area contributed by atoms with Crippen LogP contribution in [0.1, 0.15) is 16.1 Å². The smallest absolute Gasteiger partial charge is 0.276 e. The Morgan fingerprint density at radius 3 is 2.65 bits per heavy atom. The molecule has 0 aliphatic heterocycles. The first-order chi connectivity index (χ1) is 11.1. The van der Waals surface area contributed by atoms with Gasteiger partial charge in [0.2, 0.25) is 0 Å². The summed E-state index contributed by atoms with van der Waals surface area (Å²) < 4.78 is 5.22. The lowest BCUT2D eigenvalue weighted by molar-refractivity contribution is 0.0775. The number of amides is 1. The molecule has 1 aromatic heterocycles. The summed E-state index contributed by atoms with van der Waals surface area (Å²) in [5.74, 6) is 0.356. The molecule has 3 rings (SSSR count). The number of carbonyl (C=O) groups excluding carboxylic acids is 1. The molecule has 3 aromatic rings. The highest BCUT2D eigenvalue weighted by Crippen LogP contribution is 2.24. The van der Waals surface area contributed by atoms with Crippen LogP contribution in [0.2, 0.25) is 0 Å². The van der Waals surface area contributed by atoms with Crippen molar-refractivity contribution in [2.75, 3.05) is 7.05 Å². The van der Waals surface area contributed by atoms with E-state index in [0.29, 0.717) is 17.9 Å². The van der Waals surface area contributed by atoms with Crippen molar-refractivity contribution in [2.45, 2.75) is 6.54 Å². The second-order valence-electron chi connectivity index (χ2n) is 5.27. The van der Waals surface area contributed by atoms with Gasteiger partial charge >= 0.3 is 0 Å². The zero-order valence-electron chi connectivity index (χ0n) is 12.6. The summed E-state index contributed by atoms with van der Waals surface area (Å²) in [5.41, 5.74) is 1.95. The first-order valence-corrected chi connectivity index (χ1v) is 7.19. The fourth-order valence-corrected chi connectivity index (χ4v) is 2.30. The van der Waals surface area contributed by atoms with Crippen LogP contribution in [0.5, 0.6) is 5.75 Å². The number of benzene rings is 2. The van der Waals surface area contributed by atoms with Gasteiger partial charge < -0.3 is 14.5 Å². The summed E-state index contributed by atoms with van der Waals surface area (Å²) in [7, 11) is 1.72. The molecule has 2 aromatic carbocycles.